The van der Waals surface area contributed by atoms with Crippen molar-refractivity contribution in [3.8, 4) is 0 Å². The first kappa shape index (κ1) is 12.0. The molecule has 0 radical (unpaired) electrons. The molecule has 2 N–H and O–H groups in total. The normalized spacial score (nSPS) is 10.1. The first-order chi connectivity index (χ1) is 7.06. The molecular formula is C11H14BrNO2. The van der Waals surface area contributed by atoms with Crippen LogP contribution in [0.4, 0.5) is 5.69 Å². The molecule has 1 aromatic carbocycles. The van der Waals surface area contributed by atoms with Gasteiger partial charge in [-0.25, -0.2) is 0 Å². The van der Waals surface area contributed by atoms with E-state index in [1.54, 1.807) is 13.0 Å². The Kier molecular flexibility index (Phi) is 4.15. The minimum absolute atomic E-state index is 0.210. The van der Waals surface area contributed by atoms with E-state index in [0.29, 0.717) is 12.3 Å². The van der Waals surface area contributed by atoms with Crippen molar-refractivity contribution in [2.24, 2.45) is 0 Å². The Morgan fingerprint density at radius 1 is 1.53 bits per heavy atom. The van der Waals surface area contributed by atoms with E-state index in [2.05, 4.69) is 15.9 Å². The SMILES string of the molecule is CCOC(=O)Cc1c(N)ccc(C)c1Br. The first-order valence-electron chi connectivity index (χ1n) is 4.75. The van der Waals surface area contributed by atoms with E-state index in [-0.39, 0.29) is 12.4 Å². The summed E-state index contributed by atoms with van der Waals surface area (Å²) >= 11 is 3.42. The highest BCUT2D eigenvalue weighted by Gasteiger charge is 2.12. The van der Waals surface area contributed by atoms with E-state index < -0.39 is 0 Å². The molecule has 0 aliphatic heterocycles. The lowest BCUT2D eigenvalue weighted by molar-refractivity contribution is -0.142. The van der Waals surface area contributed by atoms with Gasteiger partial charge >= 0.3 is 5.97 Å². The minimum Gasteiger partial charge on any atom is -0.466 e. The minimum atomic E-state index is -0.254. The number of ether oxygens (including phenoxy) is 1. The number of nitrogen functional groups attached to an aromatic ring is 1. The van der Waals surface area contributed by atoms with Crippen molar-refractivity contribution in [3.63, 3.8) is 0 Å². The Morgan fingerprint density at radius 2 is 2.20 bits per heavy atom. The number of nitrogens with two attached hydrogens (primary N) is 1. The number of carbonyl (C=O) groups excluding carboxylic acids is 1. The van der Waals surface area contributed by atoms with E-state index in [9.17, 15) is 4.79 Å². The molecule has 0 fully saturated rings. The van der Waals surface area contributed by atoms with E-state index in [1.807, 2.05) is 13.0 Å². The van der Waals surface area contributed by atoms with Crippen LogP contribution in [-0.4, -0.2) is 12.6 Å². The number of hydrogen-bond donors (Lipinski definition) is 1. The second-order valence-electron chi connectivity index (χ2n) is 3.25. The third-order valence-corrected chi connectivity index (χ3v) is 3.20. The molecule has 0 heterocycles. The van der Waals surface area contributed by atoms with Crippen LogP contribution in [0, 0.1) is 6.92 Å². The van der Waals surface area contributed by atoms with Crippen LogP contribution in [0.3, 0.4) is 0 Å². The molecule has 0 aliphatic carbocycles. The van der Waals surface area contributed by atoms with Crippen molar-refractivity contribution < 1.29 is 9.53 Å². The van der Waals surface area contributed by atoms with Crippen LogP contribution >= 0.6 is 15.9 Å². The molecule has 1 aromatic rings. The van der Waals surface area contributed by atoms with Crippen LogP contribution in [-0.2, 0) is 16.0 Å². The summed E-state index contributed by atoms with van der Waals surface area (Å²) in [6, 6.07) is 3.71. The van der Waals surface area contributed by atoms with Crippen LogP contribution in [0.5, 0.6) is 0 Å². The molecular weight excluding hydrogens is 258 g/mol. The van der Waals surface area contributed by atoms with E-state index in [0.717, 1.165) is 15.6 Å². The van der Waals surface area contributed by atoms with Gasteiger partial charge in [0.05, 0.1) is 13.0 Å². The third kappa shape index (κ3) is 2.96. The second-order valence-corrected chi connectivity index (χ2v) is 4.04. The fraction of sp³-hybridized carbons (Fsp3) is 0.364. The molecule has 0 atom stereocenters. The Bertz CT molecular complexity index is 377. The number of anilines is 1. The lowest BCUT2D eigenvalue weighted by Gasteiger charge is -2.09. The van der Waals surface area contributed by atoms with Gasteiger partial charge in [0.1, 0.15) is 0 Å². The van der Waals surface area contributed by atoms with Crippen LogP contribution in [0.1, 0.15) is 18.1 Å². The Balaban J connectivity index is 2.93. The first-order valence-corrected chi connectivity index (χ1v) is 5.54. The van der Waals surface area contributed by atoms with Gasteiger partial charge in [0.15, 0.2) is 0 Å². The fourth-order valence-corrected chi connectivity index (χ4v) is 1.79. The van der Waals surface area contributed by atoms with E-state index >= 15 is 0 Å². The highest BCUT2D eigenvalue weighted by atomic mass is 79.9. The lowest BCUT2D eigenvalue weighted by Crippen LogP contribution is -2.10. The second kappa shape index (κ2) is 5.16. The summed E-state index contributed by atoms with van der Waals surface area (Å²) in [4.78, 5) is 11.3. The zero-order valence-corrected chi connectivity index (χ0v) is 10.4. The van der Waals surface area contributed by atoms with Crippen LogP contribution in [0.2, 0.25) is 0 Å². The molecule has 0 saturated carbocycles. The Labute approximate surface area is 97.7 Å². The summed E-state index contributed by atoms with van der Waals surface area (Å²) < 4.78 is 5.77. The van der Waals surface area contributed by atoms with Gasteiger partial charge in [0.25, 0.3) is 0 Å². The van der Waals surface area contributed by atoms with Crippen molar-refractivity contribution in [2.75, 3.05) is 12.3 Å². The topological polar surface area (TPSA) is 52.3 Å². The number of carbonyl (C=O) groups is 1. The van der Waals surface area contributed by atoms with Gasteiger partial charge < -0.3 is 10.5 Å². The Morgan fingerprint density at radius 3 is 2.80 bits per heavy atom. The molecule has 0 aromatic heterocycles. The van der Waals surface area contributed by atoms with Crippen molar-refractivity contribution in [3.05, 3.63) is 27.7 Å². The number of esters is 1. The predicted molar refractivity (Wildman–Crippen MR) is 63.6 cm³/mol. The van der Waals surface area contributed by atoms with Gasteiger partial charge in [-0.15, -0.1) is 0 Å². The smallest absolute Gasteiger partial charge is 0.310 e. The number of halogens is 1. The average Bonchev–Trinajstić information content (AvgIpc) is 2.19. The molecule has 1 rings (SSSR count). The van der Waals surface area contributed by atoms with Gasteiger partial charge in [-0.3, -0.25) is 4.79 Å². The van der Waals surface area contributed by atoms with Crippen molar-refractivity contribution in [1.29, 1.82) is 0 Å². The third-order valence-electron chi connectivity index (χ3n) is 2.10. The Hall–Kier alpha value is -1.03. The summed E-state index contributed by atoms with van der Waals surface area (Å²) in [7, 11) is 0. The highest BCUT2D eigenvalue weighted by molar-refractivity contribution is 9.10. The average molecular weight is 272 g/mol. The summed E-state index contributed by atoms with van der Waals surface area (Å²) in [5.74, 6) is -0.254. The molecule has 0 aliphatic rings. The number of aryl methyl sites for hydroxylation is 1. The van der Waals surface area contributed by atoms with E-state index in [1.165, 1.54) is 0 Å². The summed E-state index contributed by atoms with van der Waals surface area (Å²) in [5.41, 5.74) is 8.27. The zero-order valence-electron chi connectivity index (χ0n) is 8.84. The molecule has 15 heavy (non-hydrogen) atoms. The summed E-state index contributed by atoms with van der Waals surface area (Å²) in [6.07, 6.45) is 0.210. The van der Waals surface area contributed by atoms with Gasteiger partial charge in [-0.05, 0) is 25.5 Å². The molecule has 4 heteroatoms. The van der Waals surface area contributed by atoms with Crippen molar-refractivity contribution >= 4 is 27.6 Å². The lowest BCUT2D eigenvalue weighted by atomic mass is 10.1. The van der Waals surface area contributed by atoms with Gasteiger partial charge in [-0.1, -0.05) is 22.0 Å². The number of benzene rings is 1. The van der Waals surface area contributed by atoms with Crippen LogP contribution in [0.15, 0.2) is 16.6 Å². The number of hydrogen-bond acceptors (Lipinski definition) is 3. The maximum Gasteiger partial charge on any atom is 0.310 e. The molecule has 0 saturated heterocycles. The molecule has 0 spiro atoms. The summed E-state index contributed by atoms with van der Waals surface area (Å²) in [6.45, 7) is 4.13. The predicted octanol–water partition coefficient (Wildman–Crippen LogP) is 2.45. The van der Waals surface area contributed by atoms with Gasteiger partial charge in [0.2, 0.25) is 0 Å². The standard InChI is InChI=1S/C11H14BrNO2/c1-3-15-10(14)6-8-9(13)5-4-7(2)11(8)12/h4-5H,3,6,13H2,1-2H3. The fourth-order valence-electron chi connectivity index (χ4n) is 1.29. The van der Waals surface area contributed by atoms with Crippen LogP contribution < -0.4 is 5.73 Å². The molecule has 0 unspecified atom stereocenters. The van der Waals surface area contributed by atoms with E-state index in [4.69, 9.17) is 10.5 Å². The molecule has 0 bridgehead atoms. The van der Waals surface area contributed by atoms with Crippen molar-refractivity contribution in [2.45, 2.75) is 20.3 Å². The molecule has 3 nitrogen and oxygen atoms in total. The monoisotopic (exact) mass is 271 g/mol. The largest absolute Gasteiger partial charge is 0.466 e. The quantitative estimate of drug-likeness (QED) is 0.679. The zero-order chi connectivity index (χ0) is 11.4. The molecule has 82 valence electrons. The van der Waals surface area contributed by atoms with Gasteiger partial charge in [-0.2, -0.15) is 0 Å². The molecule has 0 amide bonds. The highest BCUT2D eigenvalue weighted by Crippen LogP contribution is 2.27. The van der Waals surface area contributed by atoms with Crippen LogP contribution in [0.25, 0.3) is 0 Å². The maximum atomic E-state index is 11.3. The van der Waals surface area contributed by atoms with Gasteiger partial charge in [0, 0.05) is 15.7 Å². The maximum absolute atomic E-state index is 11.3. The van der Waals surface area contributed by atoms with Crippen molar-refractivity contribution in [1.82, 2.24) is 0 Å². The number of rotatable bonds is 3. The summed E-state index contributed by atoms with van der Waals surface area (Å²) in [5, 5.41) is 0.